The van der Waals surface area contributed by atoms with Crippen molar-refractivity contribution < 1.29 is 24.1 Å². The predicted molar refractivity (Wildman–Crippen MR) is 65.7 cm³/mol. The van der Waals surface area contributed by atoms with E-state index in [1.807, 2.05) is 0 Å². The van der Waals surface area contributed by atoms with Crippen LogP contribution in [-0.4, -0.2) is 31.9 Å². The Balaban J connectivity index is 2.57. The average molecular weight is 254 g/mol. The van der Waals surface area contributed by atoms with Crippen molar-refractivity contribution in [1.82, 2.24) is 0 Å². The van der Waals surface area contributed by atoms with E-state index in [2.05, 4.69) is 4.74 Å². The highest BCUT2D eigenvalue weighted by molar-refractivity contribution is 5.69. The van der Waals surface area contributed by atoms with Crippen LogP contribution in [0.25, 0.3) is 0 Å². The van der Waals surface area contributed by atoms with E-state index in [0.29, 0.717) is 36.5 Å². The minimum atomic E-state index is -0.263. The molecule has 5 heteroatoms. The molecule has 18 heavy (non-hydrogen) atoms. The molecule has 0 saturated carbocycles. The lowest BCUT2D eigenvalue weighted by Gasteiger charge is -2.13. The molecule has 0 aliphatic heterocycles. The van der Waals surface area contributed by atoms with Crippen molar-refractivity contribution in [2.45, 2.75) is 19.4 Å². The normalized spacial score (nSPS) is 9.94. The first kappa shape index (κ1) is 14.3. The zero-order chi connectivity index (χ0) is 13.4. The second-order valence-electron chi connectivity index (χ2n) is 3.63. The maximum absolute atomic E-state index is 10.9. The lowest BCUT2D eigenvalue weighted by molar-refractivity contribution is -0.140. The third-order valence-corrected chi connectivity index (χ3v) is 2.45. The molecule has 0 bridgehead atoms. The van der Waals surface area contributed by atoms with Crippen molar-refractivity contribution in [3.63, 3.8) is 0 Å². The molecule has 0 saturated heterocycles. The van der Waals surface area contributed by atoms with Gasteiger partial charge in [0.05, 0.1) is 27.4 Å². The fourth-order valence-electron chi connectivity index (χ4n) is 1.50. The fraction of sp³-hybridized carbons (Fsp3) is 0.462. The van der Waals surface area contributed by atoms with Gasteiger partial charge in [0.2, 0.25) is 0 Å². The zero-order valence-electron chi connectivity index (χ0n) is 10.6. The van der Waals surface area contributed by atoms with E-state index in [0.717, 1.165) is 0 Å². The number of esters is 1. The Morgan fingerprint density at radius 1 is 1.33 bits per heavy atom. The molecule has 0 atom stereocenters. The molecule has 1 rings (SSSR count). The van der Waals surface area contributed by atoms with Gasteiger partial charge in [-0.2, -0.15) is 0 Å². The molecule has 0 radical (unpaired) electrons. The summed E-state index contributed by atoms with van der Waals surface area (Å²) in [5.74, 6) is 0.827. The van der Waals surface area contributed by atoms with E-state index in [-0.39, 0.29) is 12.6 Å². The van der Waals surface area contributed by atoms with E-state index in [1.165, 1.54) is 14.2 Å². The summed E-state index contributed by atoms with van der Waals surface area (Å²) < 4.78 is 15.2. The van der Waals surface area contributed by atoms with Crippen LogP contribution in [0.2, 0.25) is 0 Å². The Bertz CT molecular complexity index is 367. The smallest absolute Gasteiger partial charge is 0.305 e. The van der Waals surface area contributed by atoms with Crippen LogP contribution in [0.4, 0.5) is 0 Å². The molecule has 0 spiro atoms. The number of para-hydroxylation sites is 1. The van der Waals surface area contributed by atoms with E-state index >= 15 is 0 Å². The van der Waals surface area contributed by atoms with Crippen molar-refractivity contribution in [2.24, 2.45) is 0 Å². The van der Waals surface area contributed by atoms with Gasteiger partial charge in [-0.1, -0.05) is 12.1 Å². The average Bonchev–Trinajstić information content (AvgIpc) is 2.42. The second-order valence-corrected chi connectivity index (χ2v) is 3.63. The number of benzene rings is 1. The van der Waals surface area contributed by atoms with Gasteiger partial charge in [-0.05, 0) is 12.5 Å². The molecule has 0 unspecified atom stereocenters. The Hall–Kier alpha value is -1.75. The third kappa shape index (κ3) is 3.92. The van der Waals surface area contributed by atoms with Crippen LogP contribution in [0.15, 0.2) is 18.2 Å². The first-order valence-corrected chi connectivity index (χ1v) is 5.69. The Morgan fingerprint density at radius 2 is 2.11 bits per heavy atom. The summed E-state index contributed by atoms with van der Waals surface area (Å²) in [6.07, 6.45) is 0.857. The quantitative estimate of drug-likeness (QED) is 0.590. The highest BCUT2D eigenvalue weighted by Crippen LogP contribution is 2.31. The standard InChI is InChI=1S/C13H18O5/c1-16-11-6-3-5-10(9-14)13(11)18-8-4-7-12(15)17-2/h3,5-6,14H,4,7-9H2,1-2H3. The molecule has 0 amide bonds. The number of aliphatic hydroxyl groups is 1. The SMILES string of the molecule is COC(=O)CCCOc1c(CO)cccc1OC. The minimum Gasteiger partial charge on any atom is -0.493 e. The molecule has 0 aromatic heterocycles. The number of carbonyl (C=O) groups is 1. The van der Waals surface area contributed by atoms with Gasteiger partial charge >= 0.3 is 5.97 Å². The molecular formula is C13H18O5. The lowest BCUT2D eigenvalue weighted by Crippen LogP contribution is -2.06. The monoisotopic (exact) mass is 254 g/mol. The minimum absolute atomic E-state index is 0.121. The highest BCUT2D eigenvalue weighted by Gasteiger charge is 2.10. The molecule has 5 nitrogen and oxygen atoms in total. The van der Waals surface area contributed by atoms with E-state index in [1.54, 1.807) is 18.2 Å². The van der Waals surface area contributed by atoms with Crippen LogP contribution < -0.4 is 9.47 Å². The molecule has 0 fully saturated rings. The van der Waals surface area contributed by atoms with Gasteiger partial charge in [-0.25, -0.2) is 0 Å². The number of hydrogen-bond donors (Lipinski definition) is 1. The summed E-state index contributed by atoms with van der Waals surface area (Å²) in [6, 6.07) is 5.30. The molecule has 0 aliphatic rings. The van der Waals surface area contributed by atoms with Gasteiger partial charge in [-0.15, -0.1) is 0 Å². The number of rotatable bonds is 7. The topological polar surface area (TPSA) is 65.0 Å². The number of carbonyl (C=O) groups excluding carboxylic acids is 1. The van der Waals surface area contributed by atoms with E-state index in [9.17, 15) is 9.90 Å². The summed E-state index contributed by atoms with van der Waals surface area (Å²) in [5, 5.41) is 9.21. The van der Waals surface area contributed by atoms with Crippen molar-refractivity contribution in [1.29, 1.82) is 0 Å². The van der Waals surface area contributed by atoms with E-state index < -0.39 is 0 Å². The van der Waals surface area contributed by atoms with E-state index in [4.69, 9.17) is 9.47 Å². The first-order chi connectivity index (χ1) is 8.72. The van der Waals surface area contributed by atoms with Gasteiger partial charge in [0.15, 0.2) is 11.5 Å². The molecule has 0 heterocycles. The van der Waals surface area contributed by atoms with Gasteiger partial charge in [0, 0.05) is 12.0 Å². The summed E-state index contributed by atoms with van der Waals surface area (Å²) in [4.78, 5) is 10.9. The molecule has 100 valence electrons. The summed E-state index contributed by atoms with van der Waals surface area (Å²) >= 11 is 0. The molecule has 0 aliphatic carbocycles. The number of methoxy groups -OCH3 is 2. The maximum Gasteiger partial charge on any atom is 0.305 e. The summed E-state index contributed by atoms with van der Waals surface area (Å²) in [7, 11) is 2.89. The lowest BCUT2D eigenvalue weighted by atomic mass is 10.2. The fourth-order valence-corrected chi connectivity index (χ4v) is 1.50. The van der Waals surface area contributed by atoms with Gasteiger partial charge in [0.1, 0.15) is 0 Å². The molecule has 1 aromatic rings. The molecule has 1 aromatic carbocycles. The maximum atomic E-state index is 10.9. The Morgan fingerprint density at radius 3 is 2.72 bits per heavy atom. The number of hydrogen-bond acceptors (Lipinski definition) is 5. The highest BCUT2D eigenvalue weighted by atomic mass is 16.5. The van der Waals surface area contributed by atoms with Gasteiger partial charge in [-0.3, -0.25) is 4.79 Å². The Labute approximate surface area is 106 Å². The first-order valence-electron chi connectivity index (χ1n) is 5.69. The zero-order valence-corrected chi connectivity index (χ0v) is 10.6. The predicted octanol–water partition coefficient (Wildman–Crippen LogP) is 1.52. The second kappa shape index (κ2) is 7.55. The van der Waals surface area contributed by atoms with Crippen LogP contribution in [0.3, 0.4) is 0 Å². The van der Waals surface area contributed by atoms with Crippen LogP contribution in [-0.2, 0) is 16.1 Å². The van der Waals surface area contributed by atoms with Crippen molar-refractivity contribution in [3.05, 3.63) is 23.8 Å². The van der Waals surface area contributed by atoms with Crippen molar-refractivity contribution in [2.75, 3.05) is 20.8 Å². The summed E-state index contributed by atoms with van der Waals surface area (Å²) in [6.45, 7) is 0.242. The number of ether oxygens (including phenoxy) is 3. The van der Waals surface area contributed by atoms with Crippen LogP contribution in [0.5, 0.6) is 11.5 Å². The number of aliphatic hydroxyl groups excluding tert-OH is 1. The molecular weight excluding hydrogens is 236 g/mol. The van der Waals surface area contributed by atoms with Crippen molar-refractivity contribution >= 4 is 5.97 Å². The van der Waals surface area contributed by atoms with Gasteiger partial charge < -0.3 is 19.3 Å². The van der Waals surface area contributed by atoms with Crippen LogP contribution in [0, 0.1) is 0 Å². The van der Waals surface area contributed by atoms with Crippen LogP contribution >= 0.6 is 0 Å². The van der Waals surface area contributed by atoms with Crippen LogP contribution in [0.1, 0.15) is 18.4 Å². The summed E-state index contributed by atoms with van der Waals surface area (Å²) in [5.41, 5.74) is 0.660. The van der Waals surface area contributed by atoms with Crippen molar-refractivity contribution in [3.8, 4) is 11.5 Å². The molecule has 1 N–H and O–H groups in total. The third-order valence-electron chi connectivity index (χ3n) is 2.45. The largest absolute Gasteiger partial charge is 0.493 e. The van der Waals surface area contributed by atoms with Gasteiger partial charge in [0.25, 0.3) is 0 Å². The Kier molecular flexibility index (Phi) is 6.00.